The fourth-order valence-electron chi connectivity index (χ4n) is 1.48. The van der Waals surface area contributed by atoms with Gasteiger partial charge in [0.1, 0.15) is 0 Å². The Labute approximate surface area is 103 Å². The van der Waals surface area contributed by atoms with Crippen LogP contribution >= 0.6 is 11.3 Å². The molecule has 1 fully saturated rings. The molecule has 0 saturated heterocycles. The molecule has 0 aliphatic heterocycles. The fraction of sp³-hybridized carbons (Fsp3) is 0.444. The van der Waals surface area contributed by atoms with Gasteiger partial charge in [0.2, 0.25) is 0 Å². The molecule has 18 heavy (non-hydrogen) atoms. The molecular weight excluding hydrogens is 273 g/mol. The van der Waals surface area contributed by atoms with Gasteiger partial charge in [-0.3, -0.25) is 14.9 Å². The number of hydrogen-bond acceptors (Lipinski definition) is 4. The zero-order chi connectivity index (χ0) is 13.5. The normalized spacial score (nSPS) is 22.6. The van der Waals surface area contributed by atoms with Crippen molar-refractivity contribution in [1.82, 2.24) is 4.98 Å². The molecule has 2 atom stereocenters. The van der Waals surface area contributed by atoms with Crippen molar-refractivity contribution in [3.8, 4) is 0 Å². The number of amides is 1. The summed E-state index contributed by atoms with van der Waals surface area (Å²) in [5, 5.41) is 11.6. The minimum atomic E-state index is -4.96. The summed E-state index contributed by atoms with van der Waals surface area (Å²) < 4.78 is 35.9. The molecule has 0 radical (unpaired) electrons. The smallest absolute Gasteiger partial charge is 0.471 e. The number of halogens is 3. The minimum absolute atomic E-state index is 0.177. The van der Waals surface area contributed by atoms with Gasteiger partial charge in [-0.25, -0.2) is 4.98 Å². The van der Waals surface area contributed by atoms with Gasteiger partial charge in [-0.1, -0.05) is 0 Å². The van der Waals surface area contributed by atoms with Crippen LogP contribution in [0.1, 0.15) is 18.0 Å². The first kappa shape index (κ1) is 12.8. The zero-order valence-corrected chi connectivity index (χ0v) is 9.51. The van der Waals surface area contributed by atoms with Crippen molar-refractivity contribution in [2.75, 3.05) is 5.32 Å². The Kier molecular flexibility index (Phi) is 3.01. The number of nitrogens with one attached hydrogen (secondary N) is 1. The molecule has 2 N–H and O–H groups in total. The quantitative estimate of drug-likeness (QED) is 0.885. The number of thiazole rings is 1. The highest BCUT2D eigenvalue weighted by Gasteiger charge is 2.46. The number of hydrogen-bond donors (Lipinski definition) is 2. The summed E-state index contributed by atoms with van der Waals surface area (Å²) in [6, 6.07) is 0. The lowest BCUT2D eigenvalue weighted by molar-refractivity contribution is -0.167. The van der Waals surface area contributed by atoms with Crippen LogP contribution in [0.3, 0.4) is 0 Å². The molecule has 1 aliphatic rings. The molecule has 0 spiro atoms. The number of carboxylic acid groups (broad SMARTS) is 1. The molecule has 0 aromatic carbocycles. The van der Waals surface area contributed by atoms with E-state index in [0.29, 0.717) is 12.1 Å². The second kappa shape index (κ2) is 4.23. The van der Waals surface area contributed by atoms with Gasteiger partial charge < -0.3 is 5.11 Å². The van der Waals surface area contributed by atoms with Crippen LogP contribution in [0.2, 0.25) is 0 Å². The standard InChI is InChI=1S/C9H7F3N2O3S/c10-9(11,12)7(17)14-8-13-5(2-18-8)3-1-4(3)6(15)16/h2-4H,1H2,(H,15,16)(H,13,14,17)/t3-,4-/m1/s1. The van der Waals surface area contributed by atoms with Gasteiger partial charge in [-0.15, -0.1) is 11.3 Å². The summed E-state index contributed by atoms with van der Waals surface area (Å²) >= 11 is 0.840. The van der Waals surface area contributed by atoms with E-state index in [9.17, 15) is 22.8 Å². The number of aromatic nitrogens is 1. The van der Waals surface area contributed by atoms with Gasteiger partial charge in [-0.05, 0) is 6.42 Å². The van der Waals surface area contributed by atoms with E-state index in [1.807, 2.05) is 0 Å². The highest BCUT2D eigenvalue weighted by atomic mass is 32.1. The number of carbonyl (C=O) groups excluding carboxylic acids is 1. The average Bonchev–Trinajstić information content (AvgIpc) is 2.92. The van der Waals surface area contributed by atoms with Crippen LogP contribution < -0.4 is 5.32 Å². The first-order chi connectivity index (χ1) is 8.29. The van der Waals surface area contributed by atoms with E-state index in [1.54, 1.807) is 5.32 Å². The van der Waals surface area contributed by atoms with E-state index in [2.05, 4.69) is 4.98 Å². The highest BCUT2D eigenvalue weighted by Crippen LogP contribution is 2.48. The van der Waals surface area contributed by atoms with Gasteiger partial charge in [0, 0.05) is 11.3 Å². The first-order valence-corrected chi connectivity index (χ1v) is 5.73. The Balaban J connectivity index is 2.00. The fourth-order valence-corrected chi connectivity index (χ4v) is 2.25. The third-order valence-electron chi connectivity index (χ3n) is 2.49. The van der Waals surface area contributed by atoms with E-state index in [1.165, 1.54) is 5.38 Å². The minimum Gasteiger partial charge on any atom is -0.481 e. The second-order valence-corrected chi connectivity index (χ2v) is 4.67. The SMILES string of the molecule is O=C(O)[C@@H]1C[C@H]1c1csc(NC(=O)C(F)(F)F)n1. The molecule has 9 heteroatoms. The number of alkyl halides is 3. The van der Waals surface area contributed by atoms with Gasteiger partial charge in [-0.2, -0.15) is 13.2 Å². The summed E-state index contributed by atoms with van der Waals surface area (Å²) in [6.45, 7) is 0. The molecule has 2 rings (SSSR count). The first-order valence-electron chi connectivity index (χ1n) is 4.85. The van der Waals surface area contributed by atoms with Crippen LogP contribution in [0.5, 0.6) is 0 Å². The van der Waals surface area contributed by atoms with Crippen LogP contribution in [0.25, 0.3) is 0 Å². The molecule has 0 bridgehead atoms. The van der Waals surface area contributed by atoms with Crippen molar-refractivity contribution in [3.05, 3.63) is 11.1 Å². The average molecular weight is 280 g/mol. The van der Waals surface area contributed by atoms with E-state index < -0.39 is 24.0 Å². The molecular formula is C9H7F3N2O3S. The summed E-state index contributed by atoms with van der Waals surface area (Å²) in [5.74, 6) is -3.84. The lowest BCUT2D eigenvalue weighted by atomic mass is 10.2. The van der Waals surface area contributed by atoms with Crippen LogP contribution in [0, 0.1) is 5.92 Å². The molecule has 1 saturated carbocycles. The zero-order valence-electron chi connectivity index (χ0n) is 8.69. The van der Waals surface area contributed by atoms with Crippen molar-refractivity contribution in [2.45, 2.75) is 18.5 Å². The van der Waals surface area contributed by atoms with Crippen LogP contribution in [0.4, 0.5) is 18.3 Å². The number of anilines is 1. The number of carboxylic acids is 1. The largest absolute Gasteiger partial charge is 0.481 e. The molecule has 1 aromatic rings. The maximum absolute atomic E-state index is 12.0. The Morgan fingerprint density at radius 3 is 2.67 bits per heavy atom. The monoisotopic (exact) mass is 280 g/mol. The molecule has 1 heterocycles. The Morgan fingerprint density at radius 1 is 1.50 bits per heavy atom. The van der Waals surface area contributed by atoms with E-state index >= 15 is 0 Å². The summed E-state index contributed by atoms with van der Waals surface area (Å²) in [5.41, 5.74) is 0.407. The van der Waals surface area contributed by atoms with E-state index in [-0.39, 0.29) is 11.0 Å². The maximum Gasteiger partial charge on any atom is 0.471 e. The molecule has 0 unspecified atom stereocenters. The lowest BCUT2D eigenvalue weighted by Crippen LogP contribution is -2.29. The molecule has 5 nitrogen and oxygen atoms in total. The number of aliphatic carboxylic acids is 1. The van der Waals surface area contributed by atoms with Crippen LogP contribution in [-0.2, 0) is 9.59 Å². The van der Waals surface area contributed by atoms with Crippen LogP contribution in [0.15, 0.2) is 5.38 Å². The van der Waals surface area contributed by atoms with Crippen molar-refractivity contribution in [2.24, 2.45) is 5.92 Å². The predicted molar refractivity (Wildman–Crippen MR) is 55.3 cm³/mol. The maximum atomic E-state index is 12.0. The van der Waals surface area contributed by atoms with Crippen LogP contribution in [-0.4, -0.2) is 28.1 Å². The highest BCUT2D eigenvalue weighted by molar-refractivity contribution is 7.13. The Bertz CT molecular complexity index is 499. The molecule has 1 amide bonds. The van der Waals surface area contributed by atoms with Gasteiger partial charge >= 0.3 is 18.1 Å². The van der Waals surface area contributed by atoms with Crippen molar-refractivity contribution in [3.63, 3.8) is 0 Å². The molecule has 1 aliphatic carbocycles. The van der Waals surface area contributed by atoms with E-state index in [4.69, 9.17) is 5.11 Å². The van der Waals surface area contributed by atoms with Crippen molar-refractivity contribution < 1.29 is 27.9 Å². The third kappa shape index (κ3) is 2.61. The predicted octanol–water partition coefficient (Wildman–Crippen LogP) is 1.83. The van der Waals surface area contributed by atoms with Crippen molar-refractivity contribution in [1.29, 1.82) is 0 Å². The lowest BCUT2D eigenvalue weighted by Gasteiger charge is -2.04. The third-order valence-corrected chi connectivity index (χ3v) is 3.26. The number of rotatable bonds is 3. The summed E-state index contributed by atoms with van der Waals surface area (Å²) in [7, 11) is 0. The van der Waals surface area contributed by atoms with Gasteiger partial charge in [0.25, 0.3) is 0 Å². The number of nitrogens with zero attached hydrogens (tertiary/aromatic N) is 1. The molecule has 98 valence electrons. The summed E-state index contributed by atoms with van der Waals surface area (Å²) in [6.07, 6.45) is -4.54. The van der Waals surface area contributed by atoms with Crippen molar-refractivity contribution >= 4 is 28.3 Å². The van der Waals surface area contributed by atoms with E-state index in [0.717, 1.165) is 11.3 Å². The number of carbonyl (C=O) groups is 2. The second-order valence-electron chi connectivity index (χ2n) is 3.82. The molecule has 1 aromatic heterocycles. The summed E-state index contributed by atoms with van der Waals surface area (Å²) in [4.78, 5) is 25.0. The Morgan fingerprint density at radius 2 is 2.17 bits per heavy atom. The Hall–Kier alpha value is -1.64. The van der Waals surface area contributed by atoms with Gasteiger partial charge in [0.05, 0.1) is 11.6 Å². The van der Waals surface area contributed by atoms with Gasteiger partial charge in [0.15, 0.2) is 5.13 Å². The topological polar surface area (TPSA) is 79.3 Å².